The molecule has 2 aliphatic rings. The molecule has 3 aromatic carbocycles. The minimum atomic E-state index is -0.963. The van der Waals surface area contributed by atoms with Gasteiger partial charge >= 0.3 is 4.87 Å². The lowest BCUT2D eigenvalue weighted by Gasteiger charge is -2.30. The Morgan fingerprint density at radius 2 is 1.64 bits per heavy atom. The molecule has 0 saturated carbocycles. The van der Waals surface area contributed by atoms with E-state index in [0.717, 1.165) is 28.0 Å². The van der Waals surface area contributed by atoms with Crippen molar-refractivity contribution in [2.75, 3.05) is 10.2 Å². The highest BCUT2D eigenvalue weighted by Gasteiger charge is 2.56. The van der Waals surface area contributed by atoms with Crippen LogP contribution in [0.1, 0.15) is 16.4 Å². The van der Waals surface area contributed by atoms with Crippen molar-refractivity contribution in [2.24, 2.45) is 5.92 Å². The van der Waals surface area contributed by atoms with Crippen LogP contribution in [0.25, 0.3) is 0 Å². The Labute approximate surface area is 249 Å². The standard InChI is InChI=1S/C28H18ClFN4O6S2/c29-15-3-7-17(8-4-15)31-20(35)13-32-27-24(42-28(32)38)21(14-1-5-16(30)6-2-14)22-23(41-27)26(37)33(25(22)36)18-9-11-19(12-10-18)34(39)40/h1-12,21-23H,13H2,(H,31,35)/t21-,22?,23?/m1/s1. The molecule has 42 heavy (non-hydrogen) atoms. The van der Waals surface area contributed by atoms with Crippen molar-refractivity contribution in [3.05, 3.63) is 114 Å². The molecule has 1 saturated heterocycles. The van der Waals surface area contributed by atoms with Crippen molar-refractivity contribution in [2.45, 2.75) is 22.7 Å². The number of nitro benzene ring substituents is 1. The van der Waals surface area contributed by atoms with Crippen LogP contribution in [0.2, 0.25) is 5.02 Å². The smallest absolute Gasteiger partial charge is 0.308 e. The molecular weight excluding hydrogens is 607 g/mol. The Kier molecular flexibility index (Phi) is 7.17. The molecule has 3 amide bonds. The minimum absolute atomic E-state index is 0.173. The topological polar surface area (TPSA) is 132 Å². The maximum atomic E-state index is 13.9. The lowest BCUT2D eigenvalue weighted by Crippen LogP contribution is -2.33. The number of thiazole rings is 1. The molecule has 0 bridgehead atoms. The molecule has 212 valence electrons. The lowest BCUT2D eigenvalue weighted by atomic mass is 9.83. The van der Waals surface area contributed by atoms with Crippen LogP contribution in [0.15, 0.2) is 82.6 Å². The van der Waals surface area contributed by atoms with Crippen LogP contribution in [-0.4, -0.2) is 32.5 Å². The third-order valence-corrected chi connectivity index (χ3v) is 9.88. The van der Waals surface area contributed by atoms with Crippen LogP contribution in [0.4, 0.5) is 21.5 Å². The van der Waals surface area contributed by atoms with E-state index in [1.807, 2.05) is 0 Å². The SMILES string of the molecule is O=C(Cn1c2c(sc1=O)[C@H](c1ccc(F)cc1)C1C(=O)N(c3ccc([N+](=O)[O-])cc3)C(=O)C1S2)Nc1ccc(Cl)cc1. The van der Waals surface area contributed by atoms with Crippen LogP contribution in [0, 0.1) is 21.8 Å². The van der Waals surface area contributed by atoms with E-state index >= 15 is 0 Å². The Morgan fingerprint density at radius 3 is 2.29 bits per heavy atom. The molecule has 6 rings (SSSR count). The van der Waals surface area contributed by atoms with Gasteiger partial charge in [0.15, 0.2) is 0 Å². The number of carbonyl (C=O) groups excluding carboxylic acids is 3. The summed E-state index contributed by atoms with van der Waals surface area (Å²) in [6.07, 6.45) is 0. The summed E-state index contributed by atoms with van der Waals surface area (Å²) >= 11 is 7.80. The van der Waals surface area contributed by atoms with Gasteiger partial charge in [-0.15, -0.1) is 0 Å². The summed E-state index contributed by atoms with van der Waals surface area (Å²) in [7, 11) is 0. The van der Waals surface area contributed by atoms with Crippen molar-refractivity contribution in [1.82, 2.24) is 4.57 Å². The van der Waals surface area contributed by atoms with Crippen molar-refractivity contribution >= 4 is 69.5 Å². The molecule has 3 heterocycles. The summed E-state index contributed by atoms with van der Waals surface area (Å²) in [6, 6.07) is 17.0. The second-order valence-electron chi connectivity index (χ2n) is 9.56. The number of nitrogens with zero attached hydrogens (tertiary/aromatic N) is 3. The van der Waals surface area contributed by atoms with Crippen LogP contribution in [-0.2, 0) is 20.9 Å². The Morgan fingerprint density at radius 1 is 0.976 bits per heavy atom. The Hall–Kier alpha value is -4.33. The molecule has 0 spiro atoms. The number of hydrogen-bond donors (Lipinski definition) is 1. The molecule has 2 aliphatic heterocycles. The number of nitro groups is 1. The second kappa shape index (κ2) is 10.8. The van der Waals surface area contributed by atoms with Gasteiger partial charge in [0.1, 0.15) is 17.6 Å². The van der Waals surface area contributed by atoms with Gasteiger partial charge in [-0.2, -0.15) is 0 Å². The van der Waals surface area contributed by atoms with E-state index in [1.54, 1.807) is 24.3 Å². The second-order valence-corrected chi connectivity index (χ2v) is 12.1. The molecule has 1 N–H and O–H groups in total. The maximum Gasteiger partial charge on any atom is 0.308 e. The van der Waals surface area contributed by atoms with E-state index in [1.165, 1.54) is 53.1 Å². The van der Waals surface area contributed by atoms with Gasteiger partial charge < -0.3 is 5.32 Å². The summed E-state index contributed by atoms with van der Waals surface area (Å²) in [5.74, 6) is -3.79. The van der Waals surface area contributed by atoms with E-state index in [9.17, 15) is 33.7 Å². The zero-order valence-electron chi connectivity index (χ0n) is 21.2. The van der Waals surface area contributed by atoms with Crippen molar-refractivity contribution in [3.8, 4) is 0 Å². The van der Waals surface area contributed by atoms with E-state index < -0.39 is 50.4 Å². The largest absolute Gasteiger partial charge is 0.325 e. The van der Waals surface area contributed by atoms with Gasteiger partial charge in [0.2, 0.25) is 17.7 Å². The predicted octanol–water partition coefficient (Wildman–Crippen LogP) is 5.05. The van der Waals surface area contributed by atoms with Gasteiger partial charge in [-0.1, -0.05) is 46.8 Å². The van der Waals surface area contributed by atoms with Gasteiger partial charge in [-0.3, -0.25) is 33.9 Å². The van der Waals surface area contributed by atoms with Gasteiger partial charge in [0.25, 0.3) is 5.69 Å². The van der Waals surface area contributed by atoms with Crippen LogP contribution in [0.3, 0.4) is 0 Å². The molecular formula is C28H18ClFN4O6S2. The third-order valence-electron chi connectivity index (χ3n) is 7.03. The highest BCUT2D eigenvalue weighted by Crippen LogP contribution is 2.53. The number of carbonyl (C=O) groups is 3. The molecule has 3 atom stereocenters. The minimum Gasteiger partial charge on any atom is -0.325 e. The first kappa shape index (κ1) is 27.8. The van der Waals surface area contributed by atoms with E-state index in [2.05, 4.69) is 5.32 Å². The molecule has 0 radical (unpaired) electrons. The number of rotatable bonds is 6. The first-order chi connectivity index (χ1) is 20.1. The summed E-state index contributed by atoms with van der Waals surface area (Å²) in [5.41, 5.74) is 0.982. The zero-order valence-corrected chi connectivity index (χ0v) is 23.6. The number of imide groups is 1. The van der Waals surface area contributed by atoms with Gasteiger partial charge in [0.05, 0.1) is 21.6 Å². The average molecular weight is 625 g/mol. The number of hydrogen-bond acceptors (Lipinski definition) is 8. The number of aromatic nitrogens is 1. The number of amides is 3. The van der Waals surface area contributed by atoms with Gasteiger partial charge in [-0.25, -0.2) is 9.29 Å². The number of thioether (sulfide) groups is 1. The van der Waals surface area contributed by atoms with Crippen LogP contribution >= 0.6 is 34.7 Å². The molecule has 0 aliphatic carbocycles. The van der Waals surface area contributed by atoms with Crippen LogP contribution < -0.4 is 15.1 Å². The first-order valence-corrected chi connectivity index (χ1v) is 14.5. The quantitative estimate of drug-likeness (QED) is 0.180. The third kappa shape index (κ3) is 4.89. The molecule has 10 nitrogen and oxygen atoms in total. The highest BCUT2D eigenvalue weighted by molar-refractivity contribution is 8.00. The van der Waals surface area contributed by atoms with E-state index in [-0.39, 0.29) is 17.9 Å². The number of halogens is 2. The monoisotopic (exact) mass is 624 g/mol. The van der Waals surface area contributed by atoms with Gasteiger partial charge in [0, 0.05) is 33.6 Å². The van der Waals surface area contributed by atoms with Crippen molar-refractivity contribution in [1.29, 1.82) is 0 Å². The molecule has 1 fully saturated rings. The summed E-state index contributed by atoms with van der Waals surface area (Å²) < 4.78 is 15.1. The van der Waals surface area contributed by atoms with Crippen molar-refractivity contribution < 1.29 is 23.7 Å². The number of anilines is 2. The number of non-ortho nitro benzene ring substituents is 1. The zero-order chi connectivity index (χ0) is 29.7. The van der Waals surface area contributed by atoms with E-state index in [4.69, 9.17) is 11.6 Å². The average Bonchev–Trinajstić information content (AvgIpc) is 3.41. The molecule has 1 aromatic heterocycles. The molecule has 14 heteroatoms. The van der Waals surface area contributed by atoms with Crippen LogP contribution in [0.5, 0.6) is 0 Å². The summed E-state index contributed by atoms with van der Waals surface area (Å²) in [4.78, 5) is 65.3. The first-order valence-electron chi connectivity index (χ1n) is 12.5. The van der Waals surface area contributed by atoms with Crippen molar-refractivity contribution in [3.63, 3.8) is 0 Å². The number of nitrogens with one attached hydrogen (secondary N) is 1. The number of fused-ring (bicyclic) bond motifs is 2. The normalized spacial score (nSPS) is 19.4. The van der Waals surface area contributed by atoms with E-state index in [0.29, 0.717) is 26.2 Å². The molecule has 2 unspecified atom stereocenters. The Balaban J connectivity index is 1.39. The summed E-state index contributed by atoms with van der Waals surface area (Å²) in [5, 5.41) is 13.7. The number of benzene rings is 3. The fourth-order valence-corrected chi connectivity index (χ4v) is 8.04. The Bertz CT molecular complexity index is 1810. The predicted molar refractivity (Wildman–Crippen MR) is 156 cm³/mol. The van der Waals surface area contributed by atoms with Gasteiger partial charge in [-0.05, 0) is 54.1 Å². The highest BCUT2D eigenvalue weighted by atomic mass is 35.5. The summed E-state index contributed by atoms with van der Waals surface area (Å²) in [6.45, 7) is -0.345. The molecule has 4 aromatic rings. The fraction of sp³-hybridized carbons (Fsp3) is 0.143. The fourth-order valence-electron chi connectivity index (χ4n) is 5.14. The lowest BCUT2D eigenvalue weighted by molar-refractivity contribution is -0.384. The maximum absolute atomic E-state index is 13.9.